The van der Waals surface area contributed by atoms with Gasteiger partial charge in [0.25, 0.3) is 11.8 Å². The van der Waals surface area contributed by atoms with E-state index in [1.54, 1.807) is 19.2 Å². The van der Waals surface area contributed by atoms with Gasteiger partial charge >= 0.3 is 0 Å². The van der Waals surface area contributed by atoms with Crippen molar-refractivity contribution in [2.24, 2.45) is 28.8 Å². The first kappa shape index (κ1) is 19.5. The molecule has 31 heavy (non-hydrogen) atoms. The fourth-order valence-corrected chi connectivity index (χ4v) is 4.92. The Morgan fingerprint density at radius 1 is 0.968 bits per heavy atom. The van der Waals surface area contributed by atoms with Gasteiger partial charge in [-0.1, -0.05) is 42.5 Å². The molecule has 0 unspecified atom stereocenters. The van der Waals surface area contributed by atoms with Crippen molar-refractivity contribution in [2.45, 2.75) is 19.4 Å². The number of ether oxygens (including phenoxy) is 2. The van der Waals surface area contributed by atoms with E-state index in [4.69, 9.17) is 9.47 Å². The number of carbonyl (C=O) groups excluding carboxylic acids is 2. The summed E-state index contributed by atoms with van der Waals surface area (Å²) in [7, 11) is 1.58. The zero-order valence-electron chi connectivity index (χ0n) is 17.3. The topological polar surface area (TPSA) is 68.2 Å². The molecule has 6 heteroatoms. The van der Waals surface area contributed by atoms with E-state index in [1.807, 2.05) is 36.4 Å². The maximum Gasteiger partial charge on any atom is 0.254 e. The van der Waals surface area contributed by atoms with Crippen LogP contribution in [0.5, 0.6) is 11.5 Å². The summed E-state index contributed by atoms with van der Waals surface area (Å²) in [5.74, 6) is 0.634. The van der Waals surface area contributed by atoms with Crippen LogP contribution in [-0.2, 0) is 16.2 Å². The summed E-state index contributed by atoms with van der Waals surface area (Å²) >= 11 is 0. The van der Waals surface area contributed by atoms with Crippen LogP contribution in [-0.4, -0.2) is 30.1 Å². The fourth-order valence-electron chi connectivity index (χ4n) is 4.92. The Balaban J connectivity index is 1.31. The Morgan fingerprint density at radius 3 is 2.26 bits per heavy atom. The highest BCUT2D eigenvalue weighted by Gasteiger charge is 2.56. The molecule has 2 fully saturated rings. The van der Waals surface area contributed by atoms with Crippen LogP contribution in [0.4, 0.5) is 0 Å². The minimum atomic E-state index is -0.253. The average molecular weight is 416 g/mol. The molecule has 2 aromatic rings. The molecule has 1 heterocycles. The Morgan fingerprint density at radius 2 is 1.65 bits per heavy atom. The van der Waals surface area contributed by atoms with Gasteiger partial charge < -0.3 is 9.47 Å². The molecule has 2 amide bonds. The van der Waals surface area contributed by atoms with Crippen LogP contribution in [0.25, 0.3) is 0 Å². The zero-order valence-corrected chi connectivity index (χ0v) is 17.3. The average Bonchev–Trinajstić information content (AvgIpc) is 3.09. The number of rotatable bonds is 6. The normalized spacial score (nSPS) is 26.5. The molecule has 158 valence electrons. The van der Waals surface area contributed by atoms with Crippen molar-refractivity contribution >= 4 is 18.0 Å². The second-order valence-corrected chi connectivity index (χ2v) is 8.26. The number of hydrogen-bond acceptors (Lipinski definition) is 5. The quantitative estimate of drug-likeness (QED) is 0.408. The van der Waals surface area contributed by atoms with Crippen molar-refractivity contribution < 1.29 is 19.1 Å². The van der Waals surface area contributed by atoms with Crippen LogP contribution in [0.15, 0.2) is 65.8 Å². The van der Waals surface area contributed by atoms with Gasteiger partial charge in [-0.2, -0.15) is 10.1 Å². The lowest BCUT2D eigenvalue weighted by Gasteiger charge is -2.37. The SMILES string of the molecule is COc1cc(/C=N\N2C(=O)[C@@H]3[C@@H](C2=O)[C@@H]2C=C[C@@H]3CC2)ccc1OCc1ccccc1. The Hall–Kier alpha value is -3.41. The molecule has 0 spiro atoms. The largest absolute Gasteiger partial charge is 0.493 e. The molecule has 0 N–H and O–H groups in total. The third-order valence-corrected chi connectivity index (χ3v) is 6.48. The number of imide groups is 1. The predicted molar refractivity (Wildman–Crippen MR) is 116 cm³/mol. The summed E-state index contributed by atoms with van der Waals surface area (Å²) in [5.41, 5.74) is 1.78. The van der Waals surface area contributed by atoms with E-state index >= 15 is 0 Å². The summed E-state index contributed by atoms with van der Waals surface area (Å²) in [6.07, 6.45) is 7.69. The second-order valence-electron chi connectivity index (χ2n) is 8.26. The lowest BCUT2D eigenvalue weighted by molar-refractivity contribution is -0.140. The summed E-state index contributed by atoms with van der Waals surface area (Å²) in [6.45, 7) is 0.431. The van der Waals surface area contributed by atoms with Crippen LogP contribution in [0.3, 0.4) is 0 Å². The van der Waals surface area contributed by atoms with Crippen molar-refractivity contribution in [3.05, 3.63) is 71.8 Å². The molecular formula is C25H24N2O4. The van der Waals surface area contributed by atoms with Gasteiger partial charge in [0.1, 0.15) is 6.61 Å². The number of nitrogens with zero attached hydrogens (tertiary/aromatic N) is 2. The van der Waals surface area contributed by atoms with E-state index in [-0.39, 0.29) is 35.5 Å². The lowest BCUT2D eigenvalue weighted by Crippen LogP contribution is -2.38. The highest BCUT2D eigenvalue weighted by Crippen LogP contribution is 2.49. The molecule has 2 bridgehead atoms. The van der Waals surface area contributed by atoms with Gasteiger partial charge in [-0.05, 0) is 54.0 Å². The van der Waals surface area contributed by atoms with Gasteiger partial charge in [0.05, 0.1) is 25.2 Å². The van der Waals surface area contributed by atoms with Crippen molar-refractivity contribution in [3.63, 3.8) is 0 Å². The number of allylic oxidation sites excluding steroid dienone is 2. The number of benzene rings is 2. The van der Waals surface area contributed by atoms with Crippen LogP contribution in [0.2, 0.25) is 0 Å². The molecule has 6 rings (SSSR count). The van der Waals surface area contributed by atoms with Crippen LogP contribution in [0.1, 0.15) is 24.0 Å². The minimum absolute atomic E-state index is 0.160. The zero-order chi connectivity index (χ0) is 21.4. The van der Waals surface area contributed by atoms with E-state index in [1.165, 1.54) is 6.21 Å². The fraction of sp³-hybridized carbons (Fsp3) is 0.320. The maximum absolute atomic E-state index is 12.9. The summed E-state index contributed by atoms with van der Waals surface area (Å²) in [4.78, 5) is 25.7. The van der Waals surface area contributed by atoms with E-state index < -0.39 is 0 Å². The Kier molecular flexibility index (Phi) is 5.06. The predicted octanol–water partition coefficient (Wildman–Crippen LogP) is 3.81. The van der Waals surface area contributed by atoms with E-state index in [0.29, 0.717) is 18.1 Å². The molecule has 2 aromatic carbocycles. The number of hydrogen-bond donors (Lipinski definition) is 0. The summed E-state index contributed by atoms with van der Waals surface area (Å²) in [5, 5.41) is 5.33. The van der Waals surface area contributed by atoms with Crippen LogP contribution < -0.4 is 9.47 Å². The van der Waals surface area contributed by atoms with Gasteiger partial charge in [0.15, 0.2) is 11.5 Å². The Labute approximate surface area is 181 Å². The van der Waals surface area contributed by atoms with Crippen molar-refractivity contribution in [2.75, 3.05) is 7.11 Å². The van der Waals surface area contributed by atoms with Gasteiger partial charge in [-0.3, -0.25) is 9.59 Å². The molecule has 1 aliphatic heterocycles. The number of methoxy groups -OCH3 is 1. The second kappa shape index (κ2) is 8.02. The molecule has 4 aliphatic rings. The van der Waals surface area contributed by atoms with Gasteiger partial charge in [-0.25, -0.2) is 0 Å². The van der Waals surface area contributed by atoms with Crippen molar-refractivity contribution in [3.8, 4) is 11.5 Å². The molecule has 6 nitrogen and oxygen atoms in total. The number of carbonyl (C=O) groups is 2. The van der Waals surface area contributed by atoms with Crippen molar-refractivity contribution in [1.29, 1.82) is 0 Å². The van der Waals surface area contributed by atoms with E-state index in [9.17, 15) is 9.59 Å². The number of fused-ring (bicyclic) bond motifs is 1. The van der Waals surface area contributed by atoms with Crippen LogP contribution in [0, 0.1) is 23.7 Å². The molecule has 4 atom stereocenters. The highest BCUT2D eigenvalue weighted by molar-refractivity contribution is 6.06. The molecular weight excluding hydrogens is 392 g/mol. The monoisotopic (exact) mass is 416 g/mol. The first-order valence-corrected chi connectivity index (χ1v) is 10.6. The van der Waals surface area contributed by atoms with Crippen LogP contribution >= 0.6 is 0 Å². The first-order chi connectivity index (χ1) is 15.2. The molecule has 0 radical (unpaired) electrons. The van der Waals surface area contributed by atoms with E-state index in [2.05, 4.69) is 17.3 Å². The first-order valence-electron chi connectivity index (χ1n) is 10.6. The van der Waals surface area contributed by atoms with E-state index in [0.717, 1.165) is 29.0 Å². The number of hydrazone groups is 1. The standard InChI is InChI=1S/C25H24N2O4/c1-30-21-13-17(7-12-20(21)31-15-16-5-3-2-4-6-16)14-26-27-24(28)22-18-8-9-19(11-10-18)23(22)25(27)29/h2-9,12-14,18-19,22-23H,10-11,15H2,1H3/b26-14-/t18-,19-,22+,23+/m1/s1. The third kappa shape index (κ3) is 3.52. The molecule has 3 aliphatic carbocycles. The Bertz CT molecular complexity index is 1030. The summed E-state index contributed by atoms with van der Waals surface area (Å²) < 4.78 is 11.3. The summed E-state index contributed by atoms with van der Waals surface area (Å²) in [6, 6.07) is 15.3. The maximum atomic E-state index is 12.9. The van der Waals surface area contributed by atoms with Gasteiger partial charge in [-0.15, -0.1) is 0 Å². The smallest absolute Gasteiger partial charge is 0.254 e. The highest BCUT2D eigenvalue weighted by atomic mass is 16.5. The molecule has 1 saturated carbocycles. The van der Waals surface area contributed by atoms with Gasteiger partial charge in [0, 0.05) is 0 Å². The molecule has 1 saturated heterocycles. The third-order valence-electron chi connectivity index (χ3n) is 6.48. The minimum Gasteiger partial charge on any atom is -0.493 e. The van der Waals surface area contributed by atoms with Crippen molar-refractivity contribution in [1.82, 2.24) is 5.01 Å². The number of amides is 2. The lowest BCUT2D eigenvalue weighted by atomic mass is 9.63. The van der Waals surface area contributed by atoms with Gasteiger partial charge in [0.2, 0.25) is 0 Å². The molecule has 0 aromatic heterocycles.